The molecule has 0 aliphatic rings. The van der Waals surface area contributed by atoms with Crippen LogP contribution in [0.3, 0.4) is 0 Å². The molecule has 2 heterocycles. The van der Waals surface area contributed by atoms with Crippen LogP contribution in [0.1, 0.15) is 53.1 Å². The maximum Gasteiger partial charge on any atom is 0.270 e. The van der Waals surface area contributed by atoms with Crippen molar-refractivity contribution in [1.82, 2.24) is 19.7 Å². The number of hydrogen-bond acceptors (Lipinski definition) is 5. The lowest BCUT2D eigenvalue weighted by atomic mass is 10.2. The number of aromatic nitrogens is 3. The van der Waals surface area contributed by atoms with Gasteiger partial charge in [0.15, 0.2) is 0 Å². The van der Waals surface area contributed by atoms with Gasteiger partial charge in [-0.3, -0.25) is 9.20 Å². The highest BCUT2D eigenvalue weighted by molar-refractivity contribution is 5.94. The monoisotopic (exact) mass is 427 g/mol. The predicted octanol–water partition coefficient (Wildman–Crippen LogP) is 4.02. The number of unbranched alkanes of at least 4 members (excludes halogenated alkanes) is 3. The Bertz CT molecular complexity index is 1120. The first kappa shape index (κ1) is 22.2. The Hall–Kier alpha value is -3.54. The van der Waals surface area contributed by atoms with Crippen molar-refractivity contribution < 1.29 is 18.3 Å². The topological polar surface area (TPSA) is 92.3 Å². The molecule has 2 aromatic heterocycles. The molecular formula is C22H23F2N5O2. The van der Waals surface area contributed by atoms with Gasteiger partial charge < -0.3 is 10.1 Å². The molecule has 7 nitrogen and oxygen atoms in total. The van der Waals surface area contributed by atoms with Gasteiger partial charge in [-0.15, -0.1) is 0 Å². The Morgan fingerprint density at radius 1 is 1.19 bits per heavy atom. The SMILES string of the molecule is Cc1cn2c(C(=O)NCCCCCC#N)c(C)nc2c(OCc2c(F)cccc2F)n1. The fourth-order valence-electron chi connectivity index (χ4n) is 3.22. The van der Waals surface area contributed by atoms with Crippen molar-refractivity contribution >= 4 is 11.6 Å². The number of fused-ring (bicyclic) bond motifs is 1. The van der Waals surface area contributed by atoms with E-state index in [-0.39, 0.29) is 24.0 Å². The first-order valence-corrected chi connectivity index (χ1v) is 9.99. The number of nitriles is 1. The summed E-state index contributed by atoms with van der Waals surface area (Å²) in [5.74, 6) is -1.63. The van der Waals surface area contributed by atoms with Crippen LogP contribution < -0.4 is 10.1 Å². The molecule has 0 saturated heterocycles. The van der Waals surface area contributed by atoms with E-state index in [1.54, 1.807) is 24.4 Å². The highest BCUT2D eigenvalue weighted by Gasteiger charge is 2.21. The number of rotatable bonds is 9. The third-order valence-corrected chi connectivity index (χ3v) is 4.75. The van der Waals surface area contributed by atoms with Crippen molar-refractivity contribution in [2.45, 2.75) is 46.1 Å². The van der Waals surface area contributed by atoms with Gasteiger partial charge in [0.2, 0.25) is 5.65 Å². The van der Waals surface area contributed by atoms with E-state index in [4.69, 9.17) is 10.00 Å². The fourth-order valence-corrected chi connectivity index (χ4v) is 3.22. The molecule has 3 rings (SSSR count). The number of nitrogens with one attached hydrogen (secondary N) is 1. The molecular weight excluding hydrogens is 404 g/mol. The van der Waals surface area contributed by atoms with E-state index in [1.807, 2.05) is 0 Å². The van der Waals surface area contributed by atoms with Crippen molar-refractivity contribution in [2.75, 3.05) is 6.54 Å². The lowest BCUT2D eigenvalue weighted by molar-refractivity contribution is 0.0946. The van der Waals surface area contributed by atoms with Gasteiger partial charge >= 0.3 is 0 Å². The molecule has 3 aromatic rings. The molecule has 0 unspecified atom stereocenters. The summed E-state index contributed by atoms with van der Waals surface area (Å²) in [4.78, 5) is 21.4. The van der Waals surface area contributed by atoms with E-state index in [0.29, 0.717) is 35.7 Å². The molecule has 1 N–H and O–H groups in total. The van der Waals surface area contributed by atoms with Gasteiger partial charge in [-0.05, 0) is 38.8 Å². The van der Waals surface area contributed by atoms with Gasteiger partial charge in [-0.1, -0.05) is 12.5 Å². The lowest BCUT2D eigenvalue weighted by Gasteiger charge is -2.10. The van der Waals surface area contributed by atoms with Gasteiger partial charge in [0, 0.05) is 19.2 Å². The smallest absolute Gasteiger partial charge is 0.270 e. The first-order valence-electron chi connectivity index (χ1n) is 9.99. The van der Waals surface area contributed by atoms with Crippen LogP contribution in [-0.4, -0.2) is 26.8 Å². The Labute approximate surface area is 178 Å². The summed E-state index contributed by atoms with van der Waals surface area (Å²) in [6.07, 6.45) is 4.59. The average molecular weight is 427 g/mol. The van der Waals surface area contributed by atoms with E-state index >= 15 is 0 Å². The lowest BCUT2D eigenvalue weighted by Crippen LogP contribution is -2.26. The molecule has 0 aliphatic carbocycles. The second-order valence-corrected chi connectivity index (χ2v) is 7.14. The second-order valence-electron chi connectivity index (χ2n) is 7.14. The molecule has 0 fully saturated rings. The molecule has 1 aromatic carbocycles. The zero-order valence-corrected chi connectivity index (χ0v) is 17.4. The summed E-state index contributed by atoms with van der Waals surface area (Å²) in [6.45, 7) is 3.55. The van der Waals surface area contributed by atoms with Crippen LogP contribution in [0.5, 0.6) is 5.88 Å². The Morgan fingerprint density at radius 2 is 1.94 bits per heavy atom. The zero-order valence-electron chi connectivity index (χ0n) is 17.4. The molecule has 1 amide bonds. The van der Waals surface area contributed by atoms with Crippen molar-refractivity contribution in [2.24, 2.45) is 0 Å². The third-order valence-electron chi connectivity index (χ3n) is 4.75. The molecule has 0 spiro atoms. The van der Waals surface area contributed by atoms with Gasteiger partial charge in [0.05, 0.1) is 23.0 Å². The number of ether oxygens (including phenoxy) is 1. The minimum atomic E-state index is -0.710. The van der Waals surface area contributed by atoms with Crippen LogP contribution in [0.25, 0.3) is 5.65 Å². The molecule has 31 heavy (non-hydrogen) atoms. The number of benzene rings is 1. The zero-order chi connectivity index (χ0) is 22.4. The van der Waals surface area contributed by atoms with Crippen LogP contribution in [0.15, 0.2) is 24.4 Å². The largest absolute Gasteiger partial charge is 0.470 e. The minimum absolute atomic E-state index is 0.0845. The van der Waals surface area contributed by atoms with Gasteiger partial charge in [0.1, 0.15) is 23.9 Å². The highest BCUT2D eigenvalue weighted by Crippen LogP contribution is 2.23. The van der Waals surface area contributed by atoms with Crippen LogP contribution in [-0.2, 0) is 6.61 Å². The summed E-state index contributed by atoms with van der Waals surface area (Å²) >= 11 is 0. The fraction of sp³-hybridized carbons (Fsp3) is 0.364. The highest BCUT2D eigenvalue weighted by atomic mass is 19.1. The number of imidazole rings is 1. The molecule has 9 heteroatoms. The number of hydrogen-bond donors (Lipinski definition) is 1. The standard InChI is InChI=1S/C22H23F2N5O2/c1-14-12-29-19(21(30)26-11-6-4-3-5-10-25)15(2)28-20(29)22(27-14)31-13-16-17(23)8-7-9-18(16)24/h7-9,12H,3-6,11,13H2,1-2H3,(H,26,30). The van der Waals surface area contributed by atoms with Crippen molar-refractivity contribution in [1.29, 1.82) is 5.26 Å². The summed E-state index contributed by atoms with van der Waals surface area (Å²) in [7, 11) is 0. The van der Waals surface area contributed by atoms with E-state index < -0.39 is 11.6 Å². The summed E-state index contributed by atoms with van der Waals surface area (Å²) in [6, 6.07) is 5.69. The van der Waals surface area contributed by atoms with Crippen LogP contribution in [0.2, 0.25) is 0 Å². The van der Waals surface area contributed by atoms with Crippen molar-refractivity contribution in [3.8, 4) is 11.9 Å². The predicted molar refractivity (Wildman–Crippen MR) is 110 cm³/mol. The second kappa shape index (κ2) is 9.98. The molecule has 162 valence electrons. The summed E-state index contributed by atoms with van der Waals surface area (Å²) in [5.41, 5.74) is 1.47. The van der Waals surface area contributed by atoms with Crippen LogP contribution >= 0.6 is 0 Å². The molecule has 0 aliphatic heterocycles. The molecule has 0 radical (unpaired) electrons. The normalized spacial score (nSPS) is 10.8. The Morgan fingerprint density at radius 3 is 2.65 bits per heavy atom. The van der Waals surface area contributed by atoms with E-state index in [0.717, 1.165) is 31.4 Å². The number of aryl methyl sites for hydroxylation is 2. The average Bonchev–Trinajstić information content (AvgIpc) is 3.05. The van der Waals surface area contributed by atoms with Crippen LogP contribution in [0, 0.1) is 36.8 Å². The molecule has 0 saturated carbocycles. The number of carbonyl (C=O) groups excluding carboxylic acids is 1. The quantitative estimate of drug-likeness (QED) is 0.521. The Balaban J connectivity index is 1.79. The molecule has 0 bridgehead atoms. The van der Waals surface area contributed by atoms with E-state index in [9.17, 15) is 13.6 Å². The summed E-state index contributed by atoms with van der Waals surface area (Å²) < 4.78 is 35.0. The number of halogens is 2. The summed E-state index contributed by atoms with van der Waals surface area (Å²) in [5, 5.41) is 11.4. The van der Waals surface area contributed by atoms with Crippen LogP contribution in [0.4, 0.5) is 8.78 Å². The van der Waals surface area contributed by atoms with Gasteiger partial charge in [-0.25, -0.2) is 18.7 Å². The van der Waals surface area contributed by atoms with Gasteiger partial charge in [0.25, 0.3) is 11.8 Å². The third kappa shape index (κ3) is 5.15. The Kier molecular flexibility index (Phi) is 7.13. The van der Waals surface area contributed by atoms with Gasteiger partial charge in [-0.2, -0.15) is 5.26 Å². The van der Waals surface area contributed by atoms with E-state index in [2.05, 4.69) is 21.4 Å². The number of carbonyl (C=O) groups is 1. The minimum Gasteiger partial charge on any atom is -0.470 e. The van der Waals surface area contributed by atoms with E-state index in [1.165, 1.54) is 6.07 Å². The maximum absolute atomic E-state index is 13.9. The number of amides is 1. The first-order chi connectivity index (χ1) is 14.9. The van der Waals surface area contributed by atoms with Crippen molar-refractivity contribution in [3.05, 3.63) is 58.7 Å². The molecule has 0 atom stereocenters. The van der Waals surface area contributed by atoms with Crippen molar-refractivity contribution in [3.63, 3.8) is 0 Å². The number of nitrogens with zero attached hydrogens (tertiary/aromatic N) is 4. The maximum atomic E-state index is 13.9.